The molecule has 2 heterocycles. The lowest BCUT2D eigenvalue weighted by molar-refractivity contribution is 0.220. The number of likely N-dealkylation sites (tertiary alicyclic amines) is 1. The van der Waals surface area contributed by atoms with E-state index in [1.54, 1.807) is 11.3 Å². The van der Waals surface area contributed by atoms with Gasteiger partial charge < -0.3 is 10.0 Å². The van der Waals surface area contributed by atoms with E-state index < -0.39 is 0 Å². The van der Waals surface area contributed by atoms with E-state index in [1.165, 1.54) is 4.88 Å². The molecule has 0 radical (unpaired) electrons. The van der Waals surface area contributed by atoms with Gasteiger partial charge in [-0.05, 0) is 25.8 Å². The second kappa shape index (κ2) is 5.33. The van der Waals surface area contributed by atoms with E-state index in [9.17, 15) is 0 Å². The Morgan fingerprint density at radius 2 is 2.29 bits per heavy atom. The lowest BCUT2D eigenvalue weighted by Gasteiger charge is -2.14. The predicted octanol–water partition coefficient (Wildman–Crippen LogP) is 1.33. The summed E-state index contributed by atoms with van der Waals surface area (Å²) in [5.74, 6) is 0.469. The Morgan fingerprint density at radius 1 is 1.53 bits per heavy atom. The summed E-state index contributed by atoms with van der Waals surface area (Å²) in [5.41, 5.74) is 1.14. The third-order valence-electron chi connectivity index (χ3n) is 3.26. The molecular weight excluding hydrogens is 234 g/mol. The van der Waals surface area contributed by atoms with Crippen molar-refractivity contribution < 1.29 is 5.11 Å². The normalized spacial score (nSPS) is 21.1. The number of aryl methyl sites for hydroxylation is 1. The van der Waals surface area contributed by atoms with Gasteiger partial charge in [0.05, 0.1) is 5.69 Å². The number of aliphatic hydroxyl groups is 1. The van der Waals surface area contributed by atoms with Crippen LogP contribution in [0.5, 0.6) is 0 Å². The standard InChI is InChI=1S/C12H21N3OS/c1-9-11(17-12(13-9)14(2)3)7-15-5-4-10(6-15)8-16/h10,16H,4-8H2,1-3H3. The zero-order chi connectivity index (χ0) is 12.4. The Hall–Kier alpha value is -0.650. The second-order valence-corrected chi connectivity index (χ2v) is 6.03. The van der Waals surface area contributed by atoms with Crippen LogP contribution in [0, 0.1) is 12.8 Å². The molecule has 4 nitrogen and oxygen atoms in total. The van der Waals surface area contributed by atoms with Gasteiger partial charge in [-0.2, -0.15) is 0 Å². The Balaban J connectivity index is 1.99. The Kier molecular flexibility index (Phi) is 4.01. The second-order valence-electron chi connectivity index (χ2n) is 4.97. The van der Waals surface area contributed by atoms with Crippen LogP contribution in [-0.4, -0.2) is 48.8 Å². The average molecular weight is 255 g/mol. The van der Waals surface area contributed by atoms with Gasteiger partial charge in [0.15, 0.2) is 5.13 Å². The quantitative estimate of drug-likeness (QED) is 0.881. The molecule has 1 fully saturated rings. The third-order valence-corrected chi connectivity index (χ3v) is 4.57. The van der Waals surface area contributed by atoms with Gasteiger partial charge in [0.2, 0.25) is 0 Å². The third kappa shape index (κ3) is 2.97. The fourth-order valence-corrected chi connectivity index (χ4v) is 3.19. The molecule has 0 saturated carbocycles. The van der Waals surface area contributed by atoms with Crippen molar-refractivity contribution in [3.63, 3.8) is 0 Å². The lowest BCUT2D eigenvalue weighted by Crippen LogP contribution is -2.20. The zero-order valence-electron chi connectivity index (χ0n) is 10.8. The van der Waals surface area contributed by atoms with Crippen LogP contribution >= 0.6 is 11.3 Å². The highest BCUT2D eigenvalue weighted by atomic mass is 32.1. The molecule has 1 atom stereocenters. The first-order valence-electron chi connectivity index (χ1n) is 6.07. The number of thiazole rings is 1. The zero-order valence-corrected chi connectivity index (χ0v) is 11.6. The summed E-state index contributed by atoms with van der Waals surface area (Å²) in [6.07, 6.45) is 1.12. The van der Waals surface area contributed by atoms with Crippen LogP contribution in [0.4, 0.5) is 5.13 Å². The molecule has 1 N–H and O–H groups in total. The molecule has 5 heteroatoms. The van der Waals surface area contributed by atoms with E-state index in [0.717, 1.165) is 36.9 Å². The minimum atomic E-state index is 0.321. The van der Waals surface area contributed by atoms with Crippen LogP contribution in [-0.2, 0) is 6.54 Å². The minimum absolute atomic E-state index is 0.321. The van der Waals surface area contributed by atoms with E-state index in [2.05, 4.69) is 21.7 Å². The van der Waals surface area contributed by atoms with Gasteiger partial charge in [-0.15, -0.1) is 11.3 Å². The van der Waals surface area contributed by atoms with Crippen molar-refractivity contribution in [2.75, 3.05) is 38.7 Å². The number of hydrogen-bond acceptors (Lipinski definition) is 5. The monoisotopic (exact) mass is 255 g/mol. The topological polar surface area (TPSA) is 39.6 Å². The van der Waals surface area contributed by atoms with Crippen LogP contribution < -0.4 is 4.90 Å². The largest absolute Gasteiger partial charge is 0.396 e. The van der Waals surface area contributed by atoms with Crippen molar-refractivity contribution in [2.24, 2.45) is 5.92 Å². The summed E-state index contributed by atoms with van der Waals surface area (Å²) in [7, 11) is 4.05. The summed E-state index contributed by atoms with van der Waals surface area (Å²) in [5, 5.41) is 10.2. The van der Waals surface area contributed by atoms with Crippen molar-refractivity contribution in [3.8, 4) is 0 Å². The molecule has 1 aliphatic heterocycles. The maximum atomic E-state index is 9.14. The summed E-state index contributed by atoms with van der Waals surface area (Å²) >= 11 is 1.77. The Labute approximate surface area is 107 Å². The van der Waals surface area contributed by atoms with Gasteiger partial charge in [-0.3, -0.25) is 4.90 Å². The molecule has 0 bridgehead atoms. The average Bonchev–Trinajstić information content (AvgIpc) is 2.87. The highest BCUT2D eigenvalue weighted by Crippen LogP contribution is 2.27. The summed E-state index contributed by atoms with van der Waals surface area (Å²) < 4.78 is 0. The van der Waals surface area contributed by atoms with Crippen molar-refractivity contribution in [1.82, 2.24) is 9.88 Å². The molecule has 1 saturated heterocycles. The van der Waals surface area contributed by atoms with Gasteiger partial charge in [0.25, 0.3) is 0 Å². The van der Waals surface area contributed by atoms with Crippen molar-refractivity contribution >= 4 is 16.5 Å². The van der Waals surface area contributed by atoms with E-state index in [1.807, 2.05) is 14.1 Å². The van der Waals surface area contributed by atoms with Crippen molar-refractivity contribution in [3.05, 3.63) is 10.6 Å². The Morgan fingerprint density at radius 3 is 2.82 bits per heavy atom. The summed E-state index contributed by atoms with van der Waals surface area (Å²) in [6.45, 7) is 5.50. The van der Waals surface area contributed by atoms with Crippen LogP contribution in [0.15, 0.2) is 0 Å². The van der Waals surface area contributed by atoms with Gasteiger partial charge in [-0.1, -0.05) is 0 Å². The molecule has 1 aromatic rings. The number of hydrogen-bond donors (Lipinski definition) is 1. The molecule has 1 unspecified atom stereocenters. The van der Waals surface area contributed by atoms with Crippen LogP contribution in [0.25, 0.3) is 0 Å². The van der Waals surface area contributed by atoms with Gasteiger partial charge in [0, 0.05) is 38.7 Å². The van der Waals surface area contributed by atoms with Crippen LogP contribution in [0.2, 0.25) is 0 Å². The smallest absolute Gasteiger partial charge is 0.185 e. The number of rotatable bonds is 4. The van der Waals surface area contributed by atoms with Gasteiger partial charge in [-0.25, -0.2) is 4.98 Å². The summed E-state index contributed by atoms with van der Waals surface area (Å²) in [6, 6.07) is 0. The highest BCUT2D eigenvalue weighted by Gasteiger charge is 2.23. The van der Waals surface area contributed by atoms with Gasteiger partial charge in [0.1, 0.15) is 0 Å². The maximum Gasteiger partial charge on any atom is 0.185 e. The molecule has 0 spiro atoms. The molecule has 96 valence electrons. The fraction of sp³-hybridized carbons (Fsp3) is 0.750. The summed E-state index contributed by atoms with van der Waals surface area (Å²) in [4.78, 5) is 10.4. The first kappa shape index (κ1) is 12.8. The molecular formula is C12H21N3OS. The number of aliphatic hydroxyl groups excluding tert-OH is 1. The minimum Gasteiger partial charge on any atom is -0.396 e. The molecule has 17 heavy (non-hydrogen) atoms. The Bertz CT molecular complexity index is 378. The number of aromatic nitrogens is 1. The molecule has 2 rings (SSSR count). The molecule has 1 aliphatic rings. The van der Waals surface area contributed by atoms with E-state index in [-0.39, 0.29) is 0 Å². The van der Waals surface area contributed by atoms with E-state index in [0.29, 0.717) is 12.5 Å². The van der Waals surface area contributed by atoms with Crippen molar-refractivity contribution in [2.45, 2.75) is 19.9 Å². The van der Waals surface area contributed by atoms with E-state index in [4.69, 9.17) is 5.11 Å². The first-order chi connectivity index (χ1) is 8.10. The predicted molar refractivity (Wildman–Crippen MR) is 71.6 cm³/mol. The molecule has 0 amide bonds. The maximum absolute atomic E-state index is 9.14. The highest BCUT2D eigenvalue weighted by molar-refractivity contribution is 7.15. The van der Waals surface area contributed by atoms with Crippen LogP contribution in [0.1, 0.15) is 17.0 Å². The first-order valence-corrected chi connectivity index (χ1v) is 6.88. The van der Waals surface area contributed by atoms with Crippen molar-refractivity contribution in [1.29, 1.82) is 0 Å². The number of anilines is 1. The van der Waals surface area contributed by atoms with Crippen LogP contribution in [0.3, 0.4) is 0 Å². The number of nitrogens with zero attached hydrogens (tertiary/aromatic N) is 3. The molecule has 1 aromatic heterocycles. The SMILES string of the molecule is Cc1nc(N(C)C)sc1CN1CCC(CO)C1. The van der Waals surface area contributed by atoms with Gasteiger partial charge >= 0.3 is 0 Å². The molecule has 0 aromatic carbocycles. The fourth-order valence-electron chi connectivity index (χ4n) is 2.16. The lowest BCUT2D eigenvalue weighted by atomic mass is 10.1. The van der Waals surface area contributed by atoms with E-state index >= 15 is 0 Å². The molecule has 0 aliphatic carbocycles.